The normalized spacial score (nSPS) is 13.2. The van der Waals surface area contributed by atoms with Crippen molar-refractivity contribution in [3.05, 3.63) is 0 Å². The van der Waals surface area contributed by atoms with E-state index in [0.29, 0.717) is 19.6 Å². The summed E-state index contributed by atoms with van der Waals surface area (Å²) in [5.74, 6) is -0.275. The topological polar surface area (TPSA) is 96.9 Å². The van der Waals surface area contributed by atoms with E-state index in [-0.39, 0.29) is 42.9 Å². The van der Waals surface area contributed by atoms with Crippen molar-refractivity contribution < 1.29 is 14.7 Å². The van der Waals surface area contributed by atoms with Crippen LogP contribution < -0.4 is 11.1 Å². The number of oxime groups is 1. The van der Waals surface area contributed by atoms with Gasteiger partial charge < -0.3 is 15.7 Å². The third-order valence-corrected chi connectivity index (χ3v) is 2.27. The van der Waals surface area contributed by atoms with Crippen LogP contribution >= 0.6 is 24.8 Å². The van der Waals surface area contributed by atoms with Gasteiger partial charge in [0.2, 0.25) is 0 Å². The van der Waals surface area contributed by atoms with Gasteiger partial charge in [0.1, 0.15) is 6.04 Å². The molecule has 19 heavy (non-hydrogen) atoms. The quantitative estimate of drug-likeness (QED) is 0.196. The van der Waals surface area contributed by atoms with Crippen LogP contribution in [0.5, 0.6) is 0 Å². The minimum atomic E-state index is -0.380. The van der Waals surface area contributed by atoms with Gasteiger partial charge in [-0.05, 0) is 33.2 Å². The molecule has 0 radical (unpaired) electrons. The number of unbranched alkanes of at least 4 members (excludes halogenated alkanes) is 1. The predicted molar refractivity (Wildman–Crippen MR) is 80.7 cm³/mol. The molecule has 116 valence electrons. The Kier molecular flexibility index (Phi) is 19.2. The summed E-state index contributed by atoms with van der Waals surface area (Å²) >= 11 is 0. The molecule has 0 fully saturated rings. The summed E-state index contributed by atoms with van der Waals surface area (Å²) in [5, 5.41) is 14.4. The summed E-state index contributed by atoms with van der Waals surface area (Å²) in [6.07, 6.45) is 3.73. The number of hydrogen-bond donors (Lipinski definition) is 3. The molecule has 8 heteroatoms. The molecule has 4 N–H and O–H groups in total. The van der Waals surface area contributed by atoms with E-state index in [0.717, 1.165) is 12.8 Å². The first-order valence-electron chi connectivity index (χ1n) is 5.96. The molecule has 0 aromatic heterocycles. The molecule has 6 nitrogen and oxygen atoms in total. The standard InChI is InChI=1S/C11H23N3O3.2ClH/c1-3-17-11(15)10(6-4-5-7-12)14-9(2)8-13-16;;/h8-10,14,16H,3-7,12H2,1-2H3;2*1H/b13-8-;;. The van der Waals surface area contributed by atoms with Crippen molar-refractivity contribution in [2.75, 3.05) is 13.2 Å². The average molecular weight is 318 g/mol. The second-order valence-corrected chi connectivity index (χ2v) is 3.81. The Morgan fingerprint density at radius 2 is 2.11 bits per heavy atom. The zero-order valence-corrected chi connectivity index (χ0v) is 13.0. The number of nitrogens with one attached hydrogen (secondary N) is 1. The van der Waals surface area contributed by atoms with Crippen molar-refractivity contribution in [2.45, 2.75) is 45.2 Å². The van der Waals surface area contributed by atoms with Crippen LogP contribution in [0.3, 0.4) is 0 Å². The summed E-state index contributed by atoms with van der Waals surface area (Å²) in [4.78, 5) is 11.7. The highest BCUT2D eigenvalue weighted by Crippen LogP contribution is 2.03. The minimum Gasteiger partial charge on any atom is -0.465 e. The lowest BCUT2D eigenvalue weighted by molar-refractivity contribution is -0.146. The zero-order chi connectivity index (χ0) is 13.1. The van der Waals surface area contributed by atoms with Gasteiger partial charge in [-0.1, -0.05) is 6.42 Å². The van der Waals surface area contributed by atoms with Crippen molar-refractivity contribution in [2.24, 2.45) is 10.9 Å². The average Bonchev–Trinajstić information content (AvgIpc) is 2.28. The molecular formula is C11H25Cl2N3O3. The lowest BCUT2D eigenvalue weighted by Gasteiger charge is -2.19. The van der Waals surface area contributed by atoms with Crippen molar-refractivity contribution >= 4 is 37.0 Å². The third kappa shape index (κ3) is 12.2. The highest BCUT2D eigenvalue weighted by Gasteiger charge is 2.20. The number of nitrogens with two attached hydrogens (primary N) is 1. The molecule has 0 aliphatic heterocycles. The molecule has 0 saturated heterocycles. The highest BCUT2D eigenvalue weighted by molar-refractivity contribution is 5.85. The number of ether oxygens (including phenoxy) is 1. The van der Waals surface area contributed by atoms with Crippen molar-refractivity contribution in [3.63, 3.8) is 0 Å². The van der Waals surface area contributed by atoms with Gasteiger partial charge in [0.25, 0.3) is 0 Å². The summed E-state index contributed by atoms with van der Waals surface area (Å²) in [6, 6.07) is -0.568. The maximum atomic E-state index is 11.7. The van der Waals surface area contributed by atoms with E-state index >= 15 is 0 Å². The van der Waals surface area contributed by atoms with Crippen molar-refractivity contribution in [3.8, 4) is 0 Å². The van der Waals surface area contributed by atoms with Crippen LogP contribution in [0.4, 0.5) is 0 Å². The van der Waals surface area contributed by atoms with Crippen LogP contribution in [-0.4, -0.2) is 42.6 Å². The maximum absolute atomic E-state index is 11.7. The summed E-state index contributed by atoms with van der Waals surface area (Å²) in [7, 11) is 0. The molecular weight excluding hydrogens is 293 g/mol. The third-order valence-electron chi connectivity index (χ3n) is 2.27. The summed E-state index contributed by atoms with van der Waals surface area (Å²) < 4.78 is 4.97. The van der Waals surface area contributed by atoms with Crippen molar-refractivity contribution in [1.82, 2.24) is 5.32 Å². The fourth-order valence-electron chi connectivity index (χ4n) is 1.47. The van der Waals surface area contributed by atoms with E-state index in [2.05, 4.69) is 10.5 Å². The zero-order valence-electron chi connectivity index (χ0n) is 11.4. The van der Waals surface area contributed by atoms with E-state index in [1.165, 1.54) is 6.21 Å². The van der Waals surface area contributed by atoms with E-state index < -0.39 is 0 Å². The molecule has 0 aromatic carbocycles. The summed E-state index contributed by atoms with van der Waals surface area (Å²) in [5.41, 5.74) is 5.41. The fraction of sp³-hybridized carbons (Fsp3) is 0.818. The van der Waals surface area contributed by atoms with Crippen LogP contribution in [0.15, 0.2) is 5.16 Å². The molecule has 2 unspecified atom stereocenters. The fourth-order valence-corrected chi connectivity index (χ4v) is 1.47. The van der Waals surface area contributed by atoms with Crippen LogP contribution in [-0.2, 0) is 9.53 Å². The Labute approximate surface area is 127 Å². The van der Waals surface area contributed by atoms with Crippen LogP contribution in [0.1, 0.15) is 33.1 Å². The Hall–Kier alpha value is -0.560. The second-order valence-electron chi connectivity index (χ2n) is 3.81. The van der Waals surface area contributed by atoms with Crippen LogP contribution in [0, 0.1) is 0 Å². The molecule has 0 spiro atoms. The van der Waals surface area contributed by atoms with Crippen molar-refractivity contribution in [1.29, 1.82) is 0 Å². The molecule has 0 heterocycles. The monoisotopic (exact) mass is 317 g/mol. The maximum Gasteiger partial charge on any atom is 0.323 e. The van der Waals surface area contributed by atoms with Gasteiger partial charge >= 0.3 is 5.97 Å². The lowest BCUT2D eigenvalue weighted by Crippen LogP contribution is -2.43. The Bertz CT molecular complexity index is 243. The molecule has 2 atom stereocenters. The number of carbonyl (C=O) groups is 1. The van der Waals surface area contributed by atoms with E-state index in [1.807, 2.05) is 0 Å². The first-order valence-corrected chi connectivity index (χ1v) is 5.96. The number of hydrogen-bond acceptors (Lipinski definition) is 6. The van der Waals surface area contributed by atoms with E-state index in [1.54, 1.807) is 13.8 Å². The first-order chi connectivity index (χ1) is 8.15. The van der Waals surface area contributed by atoms with E-state index in [4.69, 9.17) is 15.7 Å². The number of nitrogens with zero attached hydrogens (tertiary/aromatic N) is 1. The van der Waals surface area contributed by atoms with Gasteiger partial charge in [-0.2, -0.15) is 0 Å². The highest BCUT2D eigenvalue weighted by atomic mass is 35.5. The van der Waals surface area contributed by atoms with E-state index in [9.17, 15) is 4.79 Å². The molecule has 0 saturated carbocycles. The second kappa shape index (κ2) is 15.5. The van der Waals surface area contributed by atoms with Crippen LogP contribution in [0.2, 0.25) is 0 Å². The Balaban J connectivity index is -0.00000128. The van der Waals surface area contributed by atoms with Gasteiger partial charge in [-0.25, -0.2) is 0 Å². The smallest absolute Gasteiger partial charge is 0.323 e. The van der Waals surface area contributed by atoms with Gasteiger partial charge in [-0.15, -0.1) is 30.0 Å². The minimum absolute atomic E-state index is 0. The van der Waals surface area contributed by atoms with Gasteiger partial charge in [-0.3, -0.25) is 10.1 Å². The molecule has 0 aliphatic carbocycles. The molecule has 0 aliphatic rings. The number of carbonyl (C=O) groups excluding carboxylic acids is 1. The molecule has 0 bridgehead atoms. The Morgan fingerprint density at radius 1 is 1.47 bits per heavy atom. The molecule has 0 rings (SSSR count). The predicted octanol–water partition coefficient (Wildman–Crippen LogP) is 1.33. The number of halogens is 2. The van der Waals surface area contributed by atoms with Crippen LogP contribution in [0.25, 0.3) is 0 Å². The SMILES string of the molecule is CCOC(=O)C(CCCCN)NC(C)/C=N\O.Cl.Cl. The first kappa shape index (κ1) is 23.5. The van der Waals surface area contributed by atoms with Gasteiger partial charge in [0.15, 0.2) is 0 Å². The Morgan fingerprint density at radius 3 is 2.58 bits per heavy atom. The van der Waals surface area contributed by atoms with Gasteiger partial charge in [0.05, 0.1) is 12.8 Å². The lowest BCUT2D eigenvalue weighted by atomic mass is 10.1. The summed E-state index contributed by atoms with van der Waals surface area (Å²) in [6.45, 7) is 4.54. The van der Waals surface area contributed by atoms with Gasteiger partial charge in [0, 0.05) is 6.04 Å². The number of esters is 1. The number of rotatable bonds is 9. The molecule has 0 amide bonds. The largest absolute Gasteiger partial charge is 0.465 e. The molecule has 0 aromatic rings.